The molecule has 0 aromatic carbocycles. The fourth-order valence-corrected chi connectivity index (χ4v) is 1.12. The van der Waals surface area contributed by atoms with E-state index in [0.717, 1.165) is 13.1 Å². The lowest BCUT2D eigenvalue weighted by Gasteiger charge is -2.20. The van der Waals surface area contributed by atoms with E-state index in [2.05, 4.69) is 15.8 Å². The van der Waals surface area contributed by atoms with Crippen LogP contribution < -0.4 is 5.32 Å². The van der Waals surface area contributed by atoms with E-state index in [0.29, 0.717) is 6.10 Å². The van der Waals surface area contributed by atoms with Crippen LogP contribution in [0.3, 0.4) is 0 Å². The van der Waals surface area contributed by atoms with E-state index in [4.69, 9.17) is 4.43 Å². The summed E-state index contributed by atoms with van der Waals surface area (Å²) in [7, 11) is 3.02. The number of piperidine rings is 1. The van der Waals surface area contributed by atoms with E-state index in [9.17, 15) is 0 Å². The normalized spacial score (nSPS) is 30.4. The predicted octanol–water partition coefficient (Wildman–Crippen LogP) is -0.162. The molecular weight excluding hydrogens is 118 g/mol. The third kappa shape index (κ3) is 1.58. The standard InChI is InChI=1S/C5H10NOSi/c8-7-5-2-1-3-6-4-5/h5-6H,1-4H2. The molecule has 1 aliphatic rings. The van der Waals surface area contributed by atoms with Crippen LogP contribution in [0.5, 0.6) is 0 Å². The van der Waals surface area contributed by atoms with Gasteiger partial charge in [0.15, 0.2) is 0 Å². The van der Waals surface area contributed by atoms with Crippen molar-refractivity contribution >= 4 is 10.5 Å². The maximum atomic E-state index is 4.93. The molecular formula is C5H10NOSi. The summed E-state index contributed by atoms with van der Waals surface area (Å²) in [5.41, 5.74) is 0. The Kier molecular flexibility index (Phi) is 2.52. The summed E-state index contributed by atoms with van der Waals surface area (Å²) in [6, 6.07) is 0. The molecule has 3 heteroatoms. The highest BCUT2D eigenvalue weighted by Crippen LogP contribution is 2.02. The Morgan fingerprint density at radius 3 is 2.88 bits per heavy atom. The fraction of sp³-hybridized carbons (Fsp3) is 1.00. The Bertz CT molecular complexity index is 63.4. The molecule has 0 saturated carbocycles. The molecule has 1 aliphatic heterocycles. The molecule has 8 heavy (non-hydrogen) atoms. The van der Waals surface area contributed by atoms with Crippen LogP contribution >= 0.6 is 0 Å². The lowest BCUT2D eigenvalue weighted by Crippen LogP contribution is -2.34. The van der Waals surface area contributed by atoms with Gasteiger partial charge in [-0.2, -0.15) is 0 Å². The minimum absolute atomic E-state index is 0.389. The largest absolute Gasteiger partial charge is 0.414 e. The van der Waals surface area contributed by atoms with Crippen molar-refractivity contribution < 1.29 is 4.43 Å². The smallest absolute Gasteiger partial charge is 0.246 e. The third-order valence-electron chi connectivity index (χ3n) is 1.42. The van der Waals surface area contributed by atoms with Gasteiger partial charge in [-0.05, 0) is 19.4 Å². The van der Waals surface area contributed by atoms with Crippen LogP contribution in [-0.4, -0.2) is 29.7 Å². The van der Waals surface area contributed by atoms with Crippen LogP contribution in [0.15, 0.2) is 0 Å². The summed E-state index contributed by atoms with van der Waals surface area (Å²) in [6.45, 7) is 2.13. The van der Waals surface area contributed by atoms with Crippen molar-refractivity contribution in [2.75, 3.05) is 13.1 Å². The van der Waals surface area contributed by atoms with Gasteiger partial charge in [-0.25, -0.2) is 0 Å². The highest BCUT2D eigenvalue weighted by atomic mass is 28.2. The second kappa shape index (κ2) is 3.22. The summed E-state index contributed by atoms with van der Waals surface area (Å²) in [4.78, 5) is 0. The molecule has 0 spiro atoms. The molecule has 3 radical (unpaired) electrons. The van der Waals surface area contributed by atoms with Crippen LogP contribution in [-0.2, 0) is 4.43 Å². The van der Waals surface area contributed by atoms with E-state index in [1.54, 1.807) is 0 Å². The van der Waals surface area contributed by atoms with Crippen LogP contribution in [0.4, 0.5) is 0 Å². The van der Waals surface area contributed by atoms with E-state index in [-0.39, 0.29) is 0 Å². The van der Waals surface area contributed by atoms with Gasteiger partial charge in [0.25, 0.3) is 0 Å². The van der Waals surface area contributed by atoms with Gasteiger partial charge < -0.3 is 9.74 Å². The number of rotatable bonds is 1. The monoisotopic (exact) mass is 128 g/mol. The van der Waals surface area contributed by atoms with Gasteiger partial charge in [0.2, 0.25) is 10.5 Å². The summed E-state index contributed by atoms with van der Waals surface area (Å²) in [5.74, 6) is 0. The van der Waals surface area contributed by atoms with E-state index in [1.807, 2.05) is 0 Å². The molecule has 45 valence electrons. The molecule has 1 atom stereocenters. The van der Waals surface area contributed by atoms with Crippen molar-refractivity contribution in [1.82, 2.24) is 5.32 Å². The SMILES string of the molecule is [Si]OC1CCCNC1. The van der Waals surface area contributed by atoms with Gasteiger partial charge in [-0.1, -0.05) is 0 Å². The zero-order valence-electron chi connectivity index (χ0n) is 4.81. The van der Waals surface area contributed by atoms with Crippen LogP contribution in [0.1, 0.15) is 12.8 Å². The molecule has 0 bridgehead atoms. The van der Waals surface area contributed by atoms with Crippen LogP contribution in [0, 0.1) is 0 Å². The summed E-state index contributed by atoms with van der Waals surface area (Å²) in [6.07, 6.45) is 2.80. The van der Waals surface area contributed by atoms with Gasteiger partial charge in [0.05, 0.1) is 6.10 Å². The average Bonchev–Trinajstić information content (AvgIpc) is 1.90. The maximum absolute atomic E-state index is 4.93. The van der Waals surface area contributed by atoms with E-state index in [1.165, 1.54) is 12.8 Å². The Hall–Kier alpha value is 0.137. The minimum atomic E-state index is 0.389. The highest BCUT2D eigenvalue weighted by molar-refractivity contribution is 5.98. The summed E-state index contributed by atoms with van der Waals surface area (Å²) < 4.78 is 4.93. The Morgan fingerprint density at radius 2 is 2.50 bits per heavy atom. The van der Waals surface area contributed by atoms with Crippen molar-refractivity contribution in [3.8, 4) is 0 Å². The van der Waals surface area contributed by atoms with Crippen molar-refractivity contribution in [2.24, 2.45) is 0 Å². The molecule has 1 saturated heterocycles. The summed E-state index contributed by atoms with van der Waals surface area (Å²) >= 11 is 0. The molecule has 1 fully saturated rings. The van der Waals surface area contributed by atoms with Crippen molar-refractivity contribution in [2.45, 2.75) is 18.9 Å². The van der Waals surface area contributed by atoms with Crippen molar-refractivity contribution in [3.63, 3.8) is 0 Å². The molecule has 0 aromatic heterocycles. The predicted molar refractivity (Wildman–Crippen MR) is 32.7 cm³/mol. The zero-order valence-corrected chi connectivity index (χ0v) is 5.81. The van der Waals surface area contributed by atoms with Crippen LogP contribution in [0.25, 0.3) is 0 Å². The van der Waals surface area contributed by atoms with Gasteiger partial charge in [-0.3, -0.25) is 0 Å². The molecule has 1 unspecified atom stereocenters. The molecule has 2 nitrogen and oxygen atoms in total. The van der Waals surface area contributed by atoms with Gasteiger partial charge in [0, 0.05) is 6.54 Å². The van der Waals surface area contributed by atoms with E-state index < -0.39 is 0 Å². The lowest BCUT2D eigenvalue weighted by molar-refractivity contribution is 0.182. The average molecular weight is 128 g/mol. The first-order valence-electron chi connectivity index (χ1n) is 2.96. The third-order valence-corrected chi connectivity index (χ3v) is 1.75. The number of nitrogens with one attached hydrogen (secondary N) is 1. The maximum Gasteiger partial charge on any atom is 0.246 e. The molecule has 0 aromatic rings. The first kappa shape index (κ1) is 6.26. The highest BCUT2D eigenvalue weighted by Gasteiger charge is 2.09. The molecule has 0 aliphatic carbocycles. The Morgan fingerprint density at radius 1 is 1.62 bits per heavy atom. The second-order valence-electron chi connectivity index (χ2n) is 2.09. The quantitative estimate of drug-likeness (QED) is 0.495. The Labute approximate surface area is 53.2 Å². The molecule has 0 amide bonds. The first-order valence-corrected chi connectivity index (χ1v) is 3.37. The van der Waals surface area contributed by atoms with Crippen molar-refractivity contribution in [1.29, 1.82) is 0 Å². The minimum Gasteiger partial charge on any atom is -0.414 e. The Balaban J connectivity index is 2.13. The fourth-order valence-electron chi connectivity index (χ4n) is 0.920. The van der Waals surface area contributed by atoms with Gasteiger partial charge >= 0.3 is 0 Å². The first-order chi connectivity index (χ1) is 3.93. The molecule has 1 rings (SSSR count). The van der Waals surface area contributed by atoms with Crippen molar-refractivity contribution in [3.05, 3.63) is 0 Å². The number of hydrogen-bond acceptors (Lipinski definition) is 2. The number of hydrogen-bond donors (Lipinski definition) is 1. The topological polar surface area (TPSA) is 21.3 Å². The summed E-state index contributed by atoms with van der Waals surface area (Å²) in [5, 5.41) is 3.23. The lowest BCUT2D eigenvalue weighted by atomic mass is 10.1. The zero-order chi connectivity index (χ0) is 5.82. The molecule has 1 N–H and O–H groups in total. The van der Waals surface area contributed by atoms with Gasteiger partial charge in [0.1, 0.15) is 0 Å². The van der Waals surface area contributed by atoms with Crippen LogP contribution in [0.2, 0.25) is 0 Å². The van der Waals surface area contributed by atoms with E-state index >= 15 is 0 Å². The molecule has 1 heterocycles. The van der Waals surface area contributed by atoms with Gasteiger partial charge in [-0.15, -0.1) is 0 Å². The second-order valence-corrected chi connectivity index (χ2v) is 2.32.